The molecule has 0 aromatic carbocycles. The zero-order chi connectivity index (χ0) is 10.9. The molecule has 1 heterocycles. The summed E-state index contributed by atoms with van der Waals surface area (Å²) in [5.41, 5.74) is 3.10. The lowest BCUT2D eigenvalue weighted by atomic mass is 10.3. The topological polar surface area (TPSA) is 24.9 Å². The van der Waals surface area contributed by atoms with Crippen molar-refractivity contribution in [3.63, 3.8) is 0 Å². The molecule has 0 bridgehead atoms. The van der Waals surface area contributed by atoms with Gasteiger partial charge in [0.05, 0.1) is 11.2 Å². The monoisotopic (exact) mass is 242 g/mol. The molecule has 0 saturated carbocycles. The molecule has 15 heavy (non-hydrogen) atoms. The summed E-state index contributed by atoms with van der Waals surface area (Å²) in [6.45, 7) is 7.90. The average molecular weight is 242 g/mol. The molecule has 0 aliphatic rings. The highest BCUT2D eigenvalue weighted by molar-refractivity contribution is 7.99. The number of hydrogen-bond donors (Lipinski definition) is 1. The molecule has 0 radical (unpaired) electrons. The van der Waals surface area contributed by atoms with E-state index < -0.39 is 0 Å². The van der Waals surface area contributed by atoms with Gasteiger partial charge in [-0.1, -0.05) is 6.08 Å². The van der Waals surface area contributed by atoms with Gasteiger partial charge in [0.1, 0.15) is 0 Å². The highest BCUT2D eigenvalue weighted by Crippen LogP contribution is 2.11. The van der Waals surface area contributed by atoms with Gasteiger partial charge >= 0.3 is 0 Å². The molecule has 1 rings (SSSR count). The minimum atomic E-state index is 1.05. The third-order valence-electron chi connectivity index (χ3n) is 2.03. The summed E-state index contributed by atoms with van der Waals surface area (Å²) >= 11 is 3.67. The first kappa shape index (κ1) is 12.7. The van der Waals surface area contributed by atoms with Crippen molar-refractivity contribution in [2.45, 2.75) is 13.3 Å². The van der Waals surface area contributed by atoms with Gasteiger partial charge in [-0.2, -0.15) is 11.8 Å². The fraction of sp³-hybridized carbons (Fsp3) is 0.545. The molecule has 0 aliphatic carbocycles. The smallest absolute Gasteiger partial charge is 0.0797 e. The van der Waals surface area contributed by atoms with Crippen molar-refractivity contribution in [1.82, 2.24) is 10.3 Å². The van der Waals surface area contributed by atoms with Gasteiger partial charge in [0, 0.05) is 29.5 Å². The predicted octanol–water partition coefficient (Wildman–Crippen LogP) is 2.50. The van der Waals surface area contributed by atoms with Crippen molar-refractivity contribution in [1.29, 1.82) is 0 Å². The molecule has 0 unspecified atom stereocenters. The molecule has 0 spiro atoms. The van der Waals surface area contributed by atoms with Crippen LogP contribution in [0.2, 0.25) is 0 Å². The maximum Gasteiger partial charge on any atom is 0.0797 e. The Morgan fingerprint density at radius 2 is 2.47 bits per heavy atom. The molecule has 84 valence electrons. The summed E-state index contributed by atoms with van der Waals surface area (Å²) in [6, 6.07) is 0. The number of aromatic nitrogens is 1. The molecule has 0 amide bonds. The Labute approximate surface area is 100 Å². The summed E-state index contributed by atoms with van der Waals surface area (Å²) in [5, 5.41) is 3.43. The van der Waals surface area contributed by atoms with E-state index in [0.29, 0.717) is 0 Å². The number of thioether (sulfide) groups is 1. The lowest BCUT2D eigenvalue weighted by molar-refractivity contribution is 0.723. The zero-order valence-corrected chi connectivity index (χ0v) is 10.8. The van der Waals surface area contributed by atoms with Crippen LogP contribution in [0.3, 0.4) is 0 Å². The Morgan fingerprint density at radius 1 is 1.60 bits per heavy atom. The maximum absolute atomic E-state index is 4.23. The molecule has 1 N–H and O–H groups in total. The molecule has 0 aliphatic heterocycles. The summed E-state index contributed by atoms with van der Waals surface area (Å²) in [4.78, 5) is 5.64. The van der Waals surface area contributed by atoms with Gasteiger partial charge in [-0.3, -0.25) is 0 Å². The molecular weight excluding hydrogens is 224 g/mol. The van der Waals surface area contributed by atoms with Gasteiger partial charge in [-0.05, 0) is 13.3 Å². The Balaban J connectivity index is 1.98. The summed E-state index contributed by atoms with van der Waals surface area (Å²) < 4.78 is 0. The minimum Gasteiger partial charge on any atom is -0.316 e. The Hall–Kier alpha value is -0.320. The van der Waals surface area contributed by atoms with Gasteiger partial charge in [-0.15, -0.1) is 17.9 Å². The largest absolute Gasteiger partial charge is 0.316 e. The number of rotatable bonds is 8. The van der Waals surface area contributed by atoms with E-state index in [4.69, 9.17) is 0 Å². The second-order valence-electron chi connectivity index (χ2n) is 3.22. The maximum atomic E-state index is 4.23. The number of aryl methyl sites for hydroxylation is 1. The highest BCUT2D eigenvalue weighted by Gasteiger charge is 1.99. The van der Waals surface area contributed by atoms with Crippen molar-refractivity contribution >= 4 is 23.1 Å². The third-order valence-corrected chi connectivity index (χ3v) is 3.99. The zero-order valence-electron chi connectivity index (χ0n) is 9.16. The van der Waals surface area contributed by atoms with Crippen LogP contribution in [-0.2, 0) is 6.42 Å². The number of nitrogens with one attached hydrogen (secondary N) is 1. The van der Waals surface area contributed by atoms with Crippen molar-refractivity contribution < 1.29 is 0 Å². The number of hydrogen-bond acceptors (Lipinski definition) is 4. The first-order valence-corrected chi connectivity index (χ1v) is 7.16. The molecule has 4 heteroatoms. The van der Waals surface area contributed by atoms with E-state index in [9.17, 15) is 0 Å². The van der Waals surface area contributed by atoms with Crippen molar-refractivity contribution in [2.24, 2.45) is 0 Å². The van der Waals surface area contributed by atoms with E-state index in [0.717, 1.165) is 31.0 Å². The van der Waals surface area contributed by atoms with E-state index in [1.54, 1.807) is 11.3 Å². The van der Waals surface area contributed by atoms with Gasteiger partial charge < -0.3 is 5.32 Å². The van der Waals surface area contributed by atoms with Crippen LogP contribution in [0.15, 0.2) is 18.2 Å². The van der Waals surface area contributed by atoms with Crippen LogP contribution < -0.4 is 5.32 Å². The van der Waals surface area contributed by atoms with Crippen LogP contribution in [0.5, 0.6) is 0 Å². The van der Waals surface area contributed by atoms with Crippen molar-refractivity contribution in [3.05, 3.63) is 28.7 Å². The van der Waals surface area contributed by atoms with E-state index in [-0.39, 0.29) is 0 Å². The fourth-order valence-corrected chi connectivity index (χ4v) is 2.61. The fourth-order valence-electron chi connectivity index (χ4n) is 1.20. The number of nitrogens with zero attached hydrogens (tertiary/aromatic N) is 1. The van der Waals surface area contributed by atoms with E-state index >= 15 is 0 Å². The number of thiazole rings is 1. The first-order chi connectivity index (χ1) is 7.34. The lowest BCUT2D eigenvalue weighted by Gasteiger charge is -2.03. The Kier molecular flexibility index (Phi) is 6.72. The highest BCUT2D eigenvalue weighted by atomic mass is 32.2. The average Bonchev–Trinajstić information content (AvgIpc) is 2.63. The Morgan fingerprint density at radius 3 is 3.13 bits per heavy atom. The second kappa shape index (κ2) is 7.91. The van der Waals surface area contributed by atoms with Crippen molar-refractivity contribution in [2.75, 3.05) is 24.6 Å². The normalized spacial score (nSPS) is 10.5. The molecular formula is C11H18N2S2. The predicted molar refractivity (Wildman–Crippen MR) is 70.9 cm³/mol. The summed E-state index contributed by atoms with van der Waals surface area (Å²) in [5.74, 6) is 2.21. The molecule has 0 atom stereocenters. The standard InChI is InChI=1S/C11H18N2S2/c1-3-7-14-8-6-12-5-4-11-10(2)13-9-15-11/h3,9,12H,1,4-8H2,2H3. The van der Waals surface area contributed by atoms with E-state index in [1.165, 1.54) is 10.6 Å². The summed E-state index contributed by atoms with van der Waals surface area (Å²) in [7, 11) is 0. The van der Waals surface area contributed by atoms with Crippen LogP contribution in [0, 0.1) is 6.92 Å². The van der Waals surface area contributed by atoms with Gasteiger partial charge in [0.2, 0.25) is 0 Å². The van der Waals surface area contributed by atoms with Crippen LogP contribution >= 0.6 is 23.1 Å². The molecule has 0 fully saturated rings. The van der Waals surface area contributed by atoms with Crippen LogP contribution in [-0.4, -0.2) is 29.6 Å². The van der Waals surface area contributed by atoms with Crippen molar-refractivity contribution in [3.8, 4) is 0 Å². The summed E-state index contributed by atoms with van der Waals surface area (Å²) in [6.07, 6.45) is 3.05. The third kappa shape index (κ3) is 5.35. The van der Waals surface area contributed by atoms with Crippen LogP contribution in [0.1, 0.15) is 10.6 Å². The van der Waals surface area contributed by atoms with Crippen LogP contribution in [0.4, 0.5) is 0 Å². The second-order valence-corrected chi connectivity index (χ2v) is 5.31. The van der Waals surface area contributed by atoms with Gasteiger partial charge in [0.25, 0.3) is 0 Å². The van der Waals surface area contributed by atoms with Gasteiger partial charge in [0.15, 0.2) is 0 Å². The van der Waals surface area contributed by atoms with Gasteiger partial charge in [-0.25, -0.2) is 4.98 Å². The SMILES string of the molecule is C=CCSCCNCCc1scnc1C. The quantitative estimate of drug-likeness (QED) is 0.560. The lowest BCUT2D eigenvalue weighted by Crippen LogP contribution is -2.20. The first-order valence-electron chi connectivity index (χ1n) is 5.13. The van der Waals surface area contributed by atoms with E-state index in [1.807, 2.05) is 23.3 Å². The van der Waals surface area contributed by atoms with Crippen LogP contribution in [0.25, 0.3) is 0 Å². The molecule has 0 saturated heterocycles. The molecule has 1 aromatic heterocycles. The molecule has 1 aromatic rings. The van der Waals surface area contributed by atoms with E-state index in [2.05, 4.69) is 23.8 Å². The molecule has 2 nitrogen and oxygen atoms in total. The Bertz CT molecular complexity index is 284. The minimum absolute atomic E-state index is 1.05.